The largest absolute Gasteiger partial charge is 0.493 e. The van der Waals surface area contributed by atoms with E-state index in [0.29, 0.717) is 24.6 Å². The van der Waals surface area contributed by atoms with Gasteiger partial charge < -0.3 is 26.0 Å². The van der Waals surface area contributed by atoms with Gasteiger partial charge in [0.15, 0.2) is 0 Å². The van der Waals surface area contributed by atoms with Crippen LogP contribution in [0.2, 0.25) is 0 Å². The highest BCUT2D eigenvalue weighted by Gasteiger charge is 2.46. The second-order valence-electron chi connectivity index (χ2n) is 14.6. The third kappa shape index (κ3) is 9.08. The van der Waals surface area contributed by atoms with E-state index in [1.54, 1.807) is 23.5 Å². The van der Waals surface area contributed by atoms with E-state index in [-0.39, 0.29) is 60.6 Å². The zero-order valence-corrected chi connectivity index (χ0v) is 32.8. The van der Waals surface area contributed by atoms with E-state index in [4.69, 9.17) is 4.74 Å². The lowest BCUT2D eigenvalue weighted by Crippen LogP contribution is -2.54. The highest BCUT2D eigenvalue weighted by molar-refractivity contribution is 7.15. The fourth-order valence-corrected chi connectivity index (χ4v) is 8.34. The molecule has 1 aromatic heterocycles. The number of carbonyl (C=O) groups is 6. The van der Waals surface area contributed by atoms with Gasteiger partial charge >= 0.3 is 0 Å². The van der Waals surface area contributed by atoms with Crippen LogP contribution in [-0.2, 0) is 20.9 Å². The normalized spacial score (nSPS) is 17.5. The number of rotatable bonds is 14. The molecule has 13 nitrogen and oxygen atoms in total. The van der Waals surface area contributed by atoms with E-state index in [2.05, 4.69) is 32.7 Å². The minimum atomic E-state index is -1.06. The summed E-state index contributed by atoms with van der Waals surface area (Å²) in [6.07, 6.45) is 2.75. The van der Waals surface area contributed by atoms with E-state index in [1.807, 2.05) is 62.4 Å². The number of nitrogens with zero attached hydrogens (tertiary/aromatic N) is 1. The molecule has 296 valence electrons. The van der Waals surface area contributed by atoms with Crippen molar-refractivity contribution in [1.82, 2.24) is 26.2 Å². The van der Waals surface area contributed by atoms with Gasteiger partial charge in [0.05, 0.1) is 30.3 Å². The molecule has 2 saturated heterocycles. The van der Waals surface area contributed by atoms with Crippen molar-refractivity contribution in [2.75, 3.05) is 25.0 Å². The van der Waals surface area contributed by atoms with Gasteiger partial charge in [-0.2, -0.15) is 0 Å². The predicted octanol–water partition coefficient (Wildman–Crippen LogP) is 5.26. The van der Waals surface area contributed by atoms with Crippen LogP contribution in [0.25, 0.3) is 10.4 Å². The molecular formula is C43H46N6O7S. The number of anilines is 1. The number of carbonyl (C=O) groups excluding carboxylic acids is 6. The zero-order valence-electron chi connectivity index (χ0n) is 31.9. The lowest BCUT2D eigenvalue weighted by Gasteiger charge is -2.27. The average Bonchev–Trinajstić information content (AvgIpc) is 3.79. The molecule has 2 atom stereocenters. The maximum absolute atomic E-state index is 13.4. The molecule has 0 radical (unpaired) electrons. The number of benzene rings is 3. The molecule has 57 heavy (non-hydrogen) atoms. The highest BCUT2D eigenvalue weighted by atomic mass is 32.1. The van der Waals surface area contributed by atoms with Gasteiger partial charge in [0.2, 0.25) is 17.7 Å². The molecule has 4 heterocycles. The van der Waals surface area contributed by atoms with E-state index in [1.165, 1.54) is 6.07 Å². The van der Waals surface area contributed by atoms with E-state index in [9.17, 15) is 28.8 Å². The van der Waals surface area contributed by atoms with Gasteiger partial charge in [-0.3, -0.25) is 39.0 Å². The number of piperidine rings is 2. The Morgan fingerprint density at radius 2 is 1.75 bits per heavy atom. The summed E-state index contributed by atoms with van der Waals surface area (Å²) in [5.74, 6) is -2.44. The Hall–Kier alpha value is -5.86. The van der Waals surface area contributed by atoms with E-state index < -0.39 is 29.7 Å². The van der Waals surface area contributed by atoms with Gasteiger partial charge in [0, 0.05) is 39.9 Å². The lowest BCUT2D eigenvalue weighted by atomic mass is 10.0. The van der Waals surface area contributed by atoms with Crippen LogP contribution in [0.3, 0.4) is 0 Å². The number of ether oxygens (including phenoxy) is 1. The molecular weight excluding hydrogens is 745 g/mol. The van der Waals surface area contributed by atoms with Crippen molar-refractivity contribution in [3.8, 4) is 16.2 Å². The monoisotopic (exact) mass is 790 g/mol. The maximum atomic E-state index is 13.4. The van der Waals surface area contributed by atoms with Crippen LogP contribution in [0.4, 0.5) is 5.69 Å². The van der Waals surface area contributed by atoms with Crippen molar-refractivity contribution in [2.24, 2.45) is 0 Å². The van der Waals surface area contributed by atoms with Gasteiger partial charge in [-0.05, 0) is 112 Å². The van der Waals surface area contributed by atoms with Crippen LogP contribution in [0.5, 0.6) is 5.75 Å². The third-order valence-corrected chi connectivity index (χ3v) is 11.7. The van der Waals surface area contributed by atoms with Crippen LogP contribution in [0.1, 0.15) is 98.6 Å². The number of thiophene rings is 1. The van der Waals surface area contributed by atoms with Crippen molar-refractivity contribution in [2.45, 2.75) is 77.0 Å². The van der Waals surface area contributed by atoms with Gasteiger partial charge in [-0.15, -0.1) is 11.3 Å². The molecule has 14 heteroatoms. The summed E-state index contributed by atoms with van der Waals surface area (Å²) in [5.41, 5.74) is 4.74. The molecule has 3 aliphatic rings. The number of imide groups is 2. The minimum Gasteiger partial charge on any atom is -0.493 e. The Kier molecular flexibility index (Phi) is 12.1. The molecule has 2 fully saturated rings. The number of hydrogen-bond donors (Lipinski definition) is 5. The first-order chi connectivity index (χ1) is 27.5. The lowest BCUT2D eigenvalue weighted by molar-refractivity contribution is -0.136. The first-order valence-corrected chi connectivity index (χ1v) is 20.2. The summed E-state index contributed by atoms with van der Waals surface area (Å²) in [6, 6.07) is 21.9. The molecule has 0 aliphatic carbocycles. The van der Waals surface area contributed by atoms with Crippen molar-refractivity contribution >= 4 is 52.5 Å². The molecule has 6 amide bonds. The quantitative estimate of drug-likeness (QED) is 0.0844. The number of hydrogen-bond acceptors (Lipinski definition) is 10. The van der Waals surface area contributed by atoms with E-state index >= 15 is 0 Å². The summed E-state index contributed by atoms with van der Waals surface area (Å²) < 4.78 is 5.86. The average molecular weight is 791 g/mol. The number of fused-ring (bicyclic) bond motifs is 1. The summed E-state index contributed by atoms with van der Waals surface area (Å²) in [6.45, 7) is 6.40. The fraction of sp³-hybridized carbons (Fsp3) is 0.349. The van der Waals surface area contributed by atoms with Crippen molar-refractivity contribution in [3.05, 3.63) is 105 Å². The van der Waals surface area contributed by atoms with Gasteiger partial charge in [0.1, 0.15) is 11.8 Å². The van der Waals surface area contributed by atoms with E-state index in [0.717, 1.165) is 63.0 Å². The first-order valence-electron chi connectivity index (χ1n) is 19.4. The maximum Gasteiger partial charge on any atom is 0.266 e. The van der Waals surface area contributed by atoms with Gasteiger partial charge in [0.25, 0.3) is 17.7 Å². The van der Waals surface area contributed by atoms with Crippen LogP contribution in [-0.4, -0.2) is 72.1 Å². The topological polar surface area (TPSA) is 175 Å². The summed E-state index contributed by atoms with van der Waals surface area (Å²) in [7, 11) is 0. The summed E-state index contributed by atoms with van der Waals surface area (Å²) in [5, 5.41) is 15.3. The third-order valence-electron chi connectivity index (χ3n) is 10.6. The summed E-state index contributed by atoms with van der Waals surface area (Å²) in [4.78, 5) is 79.4. The second-order valence-corrected chi connectivity index (χ2v) is 15.8. The first kappa shape index (κ1) is 39.4. The Morgan fingerprint density at radius 3 is 2.56 bits per heavy atom. The van der Waals surface area contributed by atoms with Crippen LogP contribution < -0.4 is 31.3 Å². The van der Waals surface area contributed by atoms with Gasteiger partial charge in [-0.1, -0.05) is 30.3 Å². The Bertz CT molecular complexity index is 2210. The highest BCUT2D eigenvalue weighted by Crippen LogP contribution is 2.34. The minimum absolute atomic E-state index is 0.0338. The number of amides is 6. The standard InChI is InChI=1S/C43H46N6O7S/c1-25-11-12-30(47-29-17-19-44-20-18-29)23-33(25)40(52)46-26(2)27-6-3-7-28(22-27)36-15-13-31(57-36)24-45-37(50)10-5-21-56-35-9-4-8-32-39(35)43(55)49(42(32)54)34-14-16-38(51)48-41(34)53/h3-4,6-9,11-13,15,22-23,26,29,34,44,47H,5,10,14,16-21,24H2,1-2H3,(H,45,50)(H,46,52)(H,48,51,53)/t26-,34?/m1/s1. The number of aryl methyl sites for hydroxylation is 1. The fourth-order valence-electron chi connectivity index (χ4n) is 7.40. The molecule has 1 unspecified atom stereocenters. The molecule has 7 rings (SSSR count). The molecule has 5 N–H and O–H groups in total. The van der Waals surface area contributed by atoms with Crippen molar-refractivity contribution < 1.29 is 33.5 Å². The van der Waals surface area contributed by atoms with Crippen LogP contribution in [0.15, 0.2) is 72.8 Å². The summed E-state index contributed by atoms with van der Waals surface area (Å²) >= 11 is 1.58. The Morgan fingerprint density at radius 1 is 0.947 bits per heavy atom. The number of nitrogens with one attached hydrogen (secondary N) is 5. The second kappa shape index (κ2) is 17.5. The molecule has 3 aliphatic heterocycles. The SMILES string of the molecule is Cc1ccc(NC2CCNCC2)cc1C(=O)N[C@H](C)c1cccc(-c2ccc(CNC(=O)CCCOc3cccc4c3C(=O)N(C3CCC(=O)NC3=O)C4=O)s2)c1. The smallest absolute Gasteiger partial charge is 0.266 e. The van der Waals surface area contributed by atoms with Crippen molar-refractivity contribution in [3.63, 3.8) is 0 Å². The van der Waals surface area contributed by atoms with Crippen molar-refractivity contribution in [1.29, 1.82) is 0 Å². The Labute approximate surface area is 334 Å². The van der Waals surface area contributed by atoms with Crippen LogP contribution >= 0.6 is 11.3 Å². The molecule has 0 saturated carbocycles. The molecule has 4 aromatic rings. The Balaban J connectivity index is 0.877. The van der Waals surface area contributed by atoms with Gasteiger partial charge in [-0.25, -0.2) is 0 Å². The molecule has 0 bridgehead atoms. The molecule has 3 aromatic carbocycles. The zero-order chi connectivity index (χ0) is 40.1. The molecule has 0 spiro atoms. The van der Waals surface area contributed by atoms with Crippen LogP contribution in [0, 0.1) is 6.92 Å². The predicted molar refractivity (Wildman–Crippen MR) is 216 cm³/mol.